The maximum Gasteiger partial charge on any atom is 0.128 e. The van der Waals surface area contributed by atoms with Crippen LogP contribution in [0.15, 0.2) is 66.7 Å². The second-order valence-corrected chi connectivity index (χ2v) is 9.90. The van der Waals surface area contributed by atoms with Crippen LogP contribution >= 0.6 is 0 Å². The van der Waals surface area contributed by atoms with Gasteiger partial charge in [0, 0.05) is 77.4 Å². The molecule has 1 aliphatic heterocycles. The Labute approximate surface area is 216 Å². The fourth-order valence-electron chi connectivity index (χ4n) is 4.98. The zero-order valence-corrected chi connectivity index (χ0v) is 22.6. The third-order valence-corrected chi connectivity index (χ3v) is 6.98. The summed E-state index contributed by atoms with van der Waals surface area (Å²) in [6.45, 7) is 3.82. The first kappa shape index (κ1) is 25.9. The minimum Gasteiger partial charge on any atom is -0.497 e. The molecule has 6 heteroatoms. The molecule has 0 aromatic heterocycles. The number of nitrogens with zero attached hydrogens (tertiary/aromatic N) is 4. The van der Waals surface area contributed by atoms with Crippen LogP contribution in [0, 0.1) is 0 Å². The third kappa shape index (κ3) is 5.94. The van der Waals surface area contributed by atoms with Crippen molar-refractivity contribution in [3.05, 3.63) is 83.4 Å². The first-order chi connectivity index (χ1) is 17.4. The highest BCUT2D eigenvalue weighted by Gasteiger charge is 2.33. The average molecular weight is 489 g/mol. The van der Waals surface area contributed by atoms with E-state index >= 15 is 0 Å². The van der Waals surface area contributed by atoms with Crippen LogP contribution in [-0.4, -0.2) is 65.3 Å². The average Bonchev–Trinajstić information content (AvgIpc) is 2.89. The molecule has 0 amide bonds. The Hall–Kier alpha value is -3.22. The van der Waals surface area contributed by atoms with E-state index in [1.54, 1.807) is 14.2 Å². The van der Waals surface area contributed by atoms with E-state index in [0.717, 1.165) is 44.1 Å². The first-order valence-corrected chi connectivity index (χ1v) is 12.6. The molecular weight excluding hydrogens is 448 g/mol. The lowest BCUT2D eigenvalue weighted by Gasteiger charge is -2.45. The standard InChI is InChI=1S/C30H40N4O2/c1-31(2)25-12-8-23(9-13-25)21-33-18-7-19-34(22-24-10-14-26(15-11-24)32(3)4)30(33)28-17-16-27(35-5)20-29(28)36-6/h8-17,20,30H,7,18-19,21-22H2,1-6H3. The van der Waals surface area contributed by atoms with Crippen LogP contribution < -0.4 is 19.3 Å². The molecule has 192 valence electrons. The van der Waals surface area contributed by atoms with Crippen molar-refractivity contribution in [3.63, 3.8) is 0 Å². The lowest BCUT2D eigenvalue weighted by Crippen LogP contribution is -2.47. The third-order valence-electron chi connectivity index (χ3n) is 6.98. The Morgan fingerprint density at radius 1 is 0.694 bits per heavy atom. The molecule has 0 atom stereocenters. The van der Waals surface area contributed by atoms with Gasteiger partial charge in [-0.15, -0.1) is 0 Å². The largest absolute Gasteiger partial charge is 0.497 e. The van der Waals surface area contributed by atoms with Gasteiger partial charge >= 0.3 is 0 Å². The van der Waals surface area contributed by atoms with E-state index in [4.69, 9.17) is 9.47 Å². The Kier molecular flexibility index (Phi) is 8.39. The minimum absolute atomic E-state index is 0.0988. The molecular formula is C30H40N4O2. The van der Waals surface area contributed by atoms with E-state index in [1.807, 2.05) is 12.1 Å². The Balaban J connectivity index is 1.66. The fourth-order valence-corrected chi connectivity index (χ4v) is 4.98. The lowest BCUT2D eigenvalue weighted by atomic mass is 10.0. The van der Waals surface area contributed by atoms with E-state index in [1.165, 1.54) is 28.1 Å². The number of hydrogen-bond acceptors (Lipinski definition) is 6. The molecule has 0 spiro atoms. The Morgan fingerprint density at radius 3 is 1.61 bits per heavy atom. The van der Waals surface area contributed by atoms with E-state index in [9.17, 15) is 0 Å². The molecule has 1 aliphatic rings. The molecule has 3 aromatic rings. The van der Waals surface area contributed by atoms with Crippen molar-refractivity contribution < 1.29 is 9.47 Å². The predicted molar refractivity (Wildman–Crippen MR) is 149 cm³/mol. The van der Waals surface area contributed by atoms with Gasteiger partial charge in [-0.1, -0.05) is 24.3 Å². The van der Waals surface area contributed by atoms with Crippen LogP contribution in [-0.2, 0) is 13.1 Å². The summed E-state index contributed by atoms with van der Waals surface area (Å²) in [6.07, 6.45) is 1.22. The molecule has 3 aromatic carbocycles. The number of ether oxygens (including phenoxy) is 2. The molecule has 1 heterocycles. The number of hydrogen-bond donors (Lipinski definition) is 0. The highest BCUT2D eigenvalue weighted by molar-refractivity contribution is 5.47. The fraction of sp³-hybridized carbons (Fsp3) is 0.400. The van der Waals surface area contributed by atoms with Gasteiger partial charge < -0.3 is 19.3 Å². The van der Waals surface area contributed by atoms with E-state index in [-0.39, 0.29) is 6.17 Å². The van der Waals surface area contributed by atoms with Crippen molar-refractivity contribution in [2.45, 2.75) is 25.7 Å². The molecule has 0 aliphatic carbocycles. The highest BCUT2D eigenvalue weighted by Crippen LogP contribution is 2.38. The van der Waals surface area contributed by atoms with E-state index in [0.29, 0.717) is 0 Å². The Bertz CT molecular complexity index is 1050. The Morgan fingerprint density at radius 2 is 1.19 bits per heavy atom. The van der Waals surface area contributed by atoms with Gasteiger partial charge in [0.05, 0.1) is 20.4 Å². The van der Waals surface area contributed by atoms with Crippen molar-refractivity contribution in [1.29, 1.82) is 0 Å². The summed E-state index contributed by atoms with van der Waals surface area (Å²) in [5, 5.41) is 0. The molecule has 36 heavy (non-hydrogen) atoms. The normalized spacial score (nSPS) is 15.1. The summed E-state index contributed by atoms with van der Waals surface area (Å²) in [6, 6.07) is 24.0. The summed E-state index contributed by atoms with van der Waals surface area (Å²) >= 11 is 0. The summed E-state index contributed by atoms with van der Waals surface area (Å²) in [4.78, 5) is 9.43. The molecule has 1 fully saturated rings. The monoisotopic (exact) mass is 488 g/mol. The van der Waals surface area contributed by atoms with Gasteiger partial charge in [0.25, 0.3) is 0 Å². The van der Waals surface area contributed by atoms with Crippen LogP contribution in [0.5, 0.6) is 11.5 Å². The molecule has 0 radical (unpaired) electrons. The zero-order valence-electron chi connectivity index (χ0n) is 22.6. The van der Waals surface area contributed by atoms with Crippen molar-refractivity contribution >= 4 is 11.4 Å². The van der Waals surface area contributed by atoms with Crippen molar-refractivity contribution in [2.75, 3.05) is 65.3 Å². The maximum atomic E-state index is 5.88. The number of methoxy groups -OCH3 is 2. The highest BCUT2D eigenvalue weighted by atomic mass is 16.5. The molecule has 4 rings (SSSR count). The molecule has 6 nitrogen and oxygen atoms in total. The van der Waals surface area contributed by atoms with Crippen LogP contribution in [0.4, 0.5) is 11.4 Å². The molecule has 0 bridgehead atoms. The molecule has 0 unspecified atom stereocenters. The van der Waals surface area contributed by atoms with E-state index in [2.05, 4.69) is 102 Å². The van der Waals surface area contributed by atoms with Crippen LogP contribution in [0.3, 0.4) is 0 Å². The van der Waals surface area contributed by atoms with Gasteiger partial charge in [-0.05, 0) is 53.9 Å². The summed E-state index contributed by atoms with van der Waals surface area (Å²) in [7, 11) is 11.8. The topological polar surface area (TPSA) is 31.4 Å². The predicted octanol–water partition coefficient (Wildman–Crippen LogP) is 5.24. The number of benzene rings is 3. The van der Waals surface area contributed by atoms with Gasteiger partial charge in [0.1, 0.15) is 11.5 Å². The quantitative estimate of drug-likeness (QED) is 0.409. The summed E-state index contributed by atoms with van der Waals surface area (Å²) in [5.74, 6) is 1.67. The van der Waals surface area contributed by atoms with Crippen molar-refractivity contribution in [2.24, 2.45) is 0 Å². The minimum atomic E-state index is 0.0988. The van der Waals surface area contributed by atoms with Gasteiger partial charge in [0.15, 0.2) is 0 Å². The van der Waals surface area contributed by atoms with E-state index < -0.39 is 0 Å². The van der Waals surface area contributed by atoms with Gasteiger partial charge in [-0.3, -0.25) is 9.80 Å². The lowest BCUT2D eigenvalue weighted by molar-refractivity contribution is -0.0104. The van der Waals surface area contributed by atoms with Crippen LogP contribution in [0.2, 0.25) is 0 Å². The molecule has 0 saturated carbocycles. The van der Waals surface area contributed by atoms with Crippen LogP contribution in [0.25, 0.3) is 0 Å². The maximum absolute atomic E-state index is 5.88. The summed E-state index contributed by atoms with van der Waals surface area (Å²) in [5.41, 5.74) is 6.24. The number of anilines is 2. The second-order valence-electron chi connectivity index (χ2n) is 9.90. The number of rotatable bonds is 9. The van der Waals surface area contributed by atoms with Crippen LogP contribution in [0.1, 0.15) is 29.3 Å². The first-order valence-electron chi connectivity index (χ1n) is 12.6. The van der Waals surface area contributed by atoms with Gasteiger partial charge in [-0.2, -0.15) is 0 Å². The van der Waals surface area contributed by atoms with Gasteiger partial charge in [-0.25, -0.2) is 0 Å². The van der Waals surface area contributed by atoms with Crippen molar-refractivity contribution in [3.8, 4) is 11.5 Å². The summed E-state index contributed by atoms with van der Waals surface area (Å²) < 4.78 is 11.4. The van der Waals surface area contributed by atoms with Gasteiger partial charge in [0.2, 0.25) is 0 Å². The SMILES string of the molecule is COc1ccc(C2N(Cc3ccc(N(C)C)cc3)CCCN2Cc2ccc(N(C)C)cc2)c(OC)c1. The smallest absolute Gasteiger partial charge is 0.128 e. The molecule has 0 N–H and O–H groups in total. The second kappa shape index (κ2) is 11.7. The zero-order chi connectivity index (χ0) is 25.7. The molecule has 1 saturated heterocycles. The van der Waals surface area contributed by atoms with Crippen molar-refractivity contribution in [1.82, 2.24) is 9.80 Å².